The molecule has 0 aliphatic heterocycles. The van der Waals surface area contributed by atoms with Crippen molar-refractivity contribution in [1.82, 2.24) is 10.3 Å². The van der Waals surface area contributed by atoms with Gasteiger partial charge in [0.2, 0.25) is 0 Å². The molecule has 0 saturated carbocycles. The van der Waals surface area contributed by atoms with Gasteiger partial charge in [-0.05, 0) is 50.1 Å². The van der Waals surface area contributed by atoms with E-state index in [0.717, 1.165) is 5.56 Å². The Kier molecular flexibility index (Phi) is 7.37. The van der Waals surface area contributed by atoms with E-state index in [1.165, 1.54) is 6.20 Å². The summed E-state index contributed by atoms with van der Waals surface area (Å²) < 4.78 is 5.39. The molecule has 1 atom stereocenters. The summed E-state index contributed by atoms with van der Waals surface area (Å²) in [6, 6.07) is 6.64. The molecule has 0 aliphatic carbocycles. The standard InChI is InChI=1S/C20H23ClN2O5/c1-11(2)28-17(20(26)27)8-13-7-14(18(24)22-9-13)10-23-19(25)15-5-4-12(3)6-16(15)21/h4-7,9,11,17H,8,10H2,1-3H3,(H,22,24)(H,23,25)(H,26,27). The van der Waals surface area contributed by atoms with Crippen LogP contribution in [-0.2, 0) is 22.5 Å². The molecule has 0 spiro atoms. The molecule has 2 aromatic rings. The highest BCUT2D eigenvalue weighted by Crippen LogP contribution is 2.17. The fourth-order valence-corrected chi connectivity index (χ4v) is 2.96. The molecule has 8 heteroatoms. The normalized spacial score (nSPS) is 12.0. The topological polar surface area (TPSA) is 108 Å². The number of aryl methyl sites for hydroxylation is 1. The molecule has 7 nitrogen and oxygen atoms in total. The van der Waals surface area contributed by atoms with Gasteiger partial charge in [0.25, 0.3) is 11.5 Å². The van der Waals surface area contributed by atoms with Gasteiger partial charge in [-0.2, -0.15) is 0 Å². The van der Waals surface area contributed by atoms with Gasteiger partial charge in [-0.1, -0.05) is 17.7 Å². The Balaban J connectivity index is 2.11. The molecule has 0 aliphatic rings. The third kappa shape index (κ3) is 5.94. The third-order valence-electron chi connectivity index (χ3n) is 3.98. The van der Waals surface area contributed by atoms with E-state index in [9.17, 15) is 19.5 Å². The molecule has 0 radical (unpaired) electrons. The minimum absolute atomic E-state index is 0.0189. The highest BCUT2D eigenvalue weighted by molar-refractivity contribution is 6.33. The molecule has 1 heterocycles. The van der Waals surface area contributed by atoms with Crippen LogP contribution in [0.15, 0.2) is 35.3 Å². The van der Waals surface area contributed by atoms with Gasteiger partial charge in [-0.15, -0.1) is 0 Å². The highest BCUT2D eigenvalue weighted by Gasteiger charge is 2.21. The number of amides is 1. The number of ether oxygens (including phenoxy) is 1. The van der Waals surface area contributed by atoms with Crippen LogP contribution in [0.1, 0.15) is 40.9 Å². The first-order valence-corrected chi connectivity index (χ1v) is 9.18. The van der Waals surface area contributed by atoms with Crippen molar-refractivity contribution in [2.45, 2.75) is 45.9 Å². The number of rotatable bonds is 8. The molecule has 1 aromatic carbocycles. The Labute approximate surface area is 167 Å². The van der Waals surface area contributed by atoms with E-state index >= 15 is 0 Å². The van der Waals surface area contributed by atoms with Crippen molar-refractivity contribution in [3.05, 3.63) is 68.1 Å². The lowest BCUT2D eigenvalue weighted by Gasteiger charge is -2.16. The Morgan fingerprint density at radius 3 is 2.61 bits per heavy atom. The molecule has 3 N–H and O–H groups in total. The zero-order valence-electron chi connectivity index (χ0n) is 15.9. The number of carboxylic acids is 1. The van der Waals surface area contributed by atoms with Crippen molar-refractivity contribution < 1.29 is 19.4 Å². The van der Waals surface area contributed by atoms with E-state index in [1.54, 1.807) is 38.1 Å². The third-order valence-corrected chi connectivity index (χ3v) is 4.29. The van der Waals surface area contributed by atoms with Crippen molar-refractivity contribution in [2.75, 3.05) is 0 Å². The summed E-state index contributed by atoms with van der Waals surface area (Å²) in [5.41, 5.74) is 1.78. The second-order valence-electron chi connectivity index (χ2n) is 6.74. The Bertz CT molecular complexity index is 923. The largest absolute Gasteiger partial charge is 0.479 e. The van der Waals surface area contributed by atoms with Crippen LogP contribution in [0.3, 0.4) is 0 Å². The van der Waals surface area contributed by atoms with Crippen molar-refractivity contribution >= 4 is 23.5 Å². The second kappa shape index (κ2) is 9.52. The fourth-order valence-electron chi connectivity index (χ4n) is 2.64. The van der Waals surface area contributed by atoms with E-state index < -0.39 is 18.0 Å². The van der Waals surface area contributed by atoms with Gasteiger partial charge in [0.15, 0.2) is 6.10 Å². The Hall–Kier alpha value is -2.64. The smallest absolute Gasteiger partial charge is 0.333 e. The Morgan fingerprint density at radius 1 is 1.29 bits per heavy atom. The molecule has 0 fully saturated rings. The number of carbonyl (C=O) groups excluding carboxylic acids is 1. The van der Waals surface area contributed by atoms with E-state index in [1.807, 2.05) is 6.92 Å². The molecule has 1 amide bonds. The molecule has 1 unspecified atom stereocenters. The average Bonchev–Trinajstić information content (AvgIpc) is 2.60. The number of carbonyl (C=O) groups is 2. The maximum atomic E-state index is 12.3. The summed E-state index contributed by atoms with van der Waals surface area (Å²) in [7, 11) is 0. The number of aliphatic carboxylic acids is 1. The SMILES string of the molecule is Cc1ccc(C(=O)NCc2cc(CC(OC(C)C)C(=O)O)c[nH]c2=O)c(Cl)c1. The quantitative estimate of drug-likeness (QED) is 0.624. The number of aromatic amines is 1. The van der Waals surface area contributed by atoms with Crippen LogP contribution in [0.2, 0.25) is 5.02 Å². The summed E-state index contributed by atoms with van der Waals surface area (Å²) in [6.45, 7) is 5.35. The minimum atomic E-state index is -1.08. The van der Waals surface area contributed by atoms with E-state index in [0.29, 0.717) is 21.7 Å². The van der Waals surface area contributed by atoms with Crippen molar-refractivity contribution in [3.8, 4) is 0 Å². The van der Waals surface area contributed by atoms with E-state index in [2.05, 4.69) is 10.3 Å². The number of H-pyrrole nitrogens is 1. The molecule has 1 aromatic heterocycles. The summed E-state index contributed by atoms with van der Waals surface area (Å²) in [4.78, 5) is 38.3. The number of hydrogen-bond acceptors (Lipinski definition) is 4. The first kappa shape index (κ1) is 21.7. The monoisotopic (exact) mass is 406 g/mol. The lowest BCUT2D eigenvalue weighted by atomic mass is 10.1. The zero-order valence-corrected chi connectivity index (χ0v) is 16.7. The number of nitrogens with one attached hydrogen (secondary N) is 2. The number of halogens is 1. The van der Waals surface area contributed by atoms with Gasteiger partial charge in [-0.25, -0.2) is 4.79 Å². The highest BCUT2D eigenvalue weighted by atomic mass is 35.5. The van der Waals surface area contributed by atoms with E-state index in [4.69, 9.17) is 16.3 Å². The van der Waals surface area contributed by atoms with Crippen molar-refractivity contribution in [3.63, 3.8) is 0 Å². The van der Waals surface area contributed by atoms with E-state index in [-0.39, 0.29) is 24.6 Å². The number of carboxylic acid groups (broad SMARTS) is 1. The number of aromatic nitrogens is 1. The molecule has 0 saturated heterocycles. The number of hydrogen-bond donors (Lipinski definition) is 3. The van der Waals surface area contributed by atoms with Crippen LogP contribution in [0.5, 0.6) is 0 Å². The summed E-state index contributed by atoms with van der Waals surface area (Å²) >= 11 is 6.09. The van der Waals surface area contributed by atoms with Crippen molar-refractivity contribution in [2.24, 2.45) is 0 Å². The lowest BCUT2D eigenvalue weighted by molar-refractivity contribution is -0.153. The molecular formula is C20H23ClN2O5. The zero-order chi connectivity index (χ0) is 20.8. The van der Waals surface area contributed by atoms with Crippen LogP contribution in [0.25, 0.3) is 0 Å². The minimum Gasteiger partial charge on any atom is -0.479 e. The van der Waals surface area contributed by atoms with Gasteiger partial charge >= 0.3 is 5.97 Å². The lowest BCUT2D eigenvalue weighted by Crippen LogP contribution is -2.30. The molecule has 28 heavy (non-hydrogen) atoms. The predicted octanol–water partition coefficient (Wildman–Crippen LogP) is 2.69. The predicted molar refractivity (Wildman–Crippen MR) is 106 cm³/mol. The average molecular weight is 407 g/mol. The maximum absolute atomic E-state index is 12.3. The van der Waals surface area contributed by atoms with Gasteiger partial charge in [0.05, 0.1) is 16.7 Å². The molecule has 2 rings (SSSR count). The number of benzene rings is 1. The van der Waals surface area contributed by atoms with Gasteiger partial charge in [0.1, 0.15) is 0 Å². The first-order chi connectivity index (χ1) is 13.2. The molecular weight excluding hydrogens is 384 g/mol. The fraction of sp³-hybridized carbons (Fsp3) is 0.350. The van der Waals surface area contributed by atoms with Crippen LogP contribution in [0, 0.1) is 6.92 Å². The van der Waals surface area contributed by atoms with Crippen LogP contribution in [0.4, 0.5) is 0 Å². The second-order valence-corrected chi connectivity index (χ2v) is 7.15. The van der Waals surface area contributed by atoms with Crippen LogP contribution >= 0.6 is 11.6 Å². The first-order valence-electron chi connectivity index (χ1n) is 8.80. The summed E-state index contributed by atoms with van der Waals surface area (Å²) in [6.07, 6.45) is 0.265. The summed E-state index contributed by atoms with van der Waals surface area (Å²) in [5.74, 6) is -1.48. The Morgan fingerprint density at radius 2 is 2.00 bits per heavy atom. The number of pyridine rings is 1. The van der Waals surface area contributed by atoms with Gasteiger partial charge in [-0.3, -0.25) is 9.59 Å². The summed E-state index contributed by atoms with van der Waals surface area (Å²) in [5, 5.41) is 12.3. The van der Waals surface area contributed by atoms with Crippen LogP contribution < -0.4 is 10.9 Å². The van der Waals surface area contributed by atoms with Crippen molar-refractivity contribution in [1.29, 1.82) is 0 Å². The van der Waals surface area contributed by atoms with Crippen LogP contribution in [-0.4, -0.2) is 34.2 Å². The molecule has 150 valence electrons. The maximum Gasteiger partial charge on any atom is 0.333 e. The van der Waals surface area contributed by atoms with Gasteiger partial charge < -0.3 is 20.1 Å². The van der Waals surface area contributed by atoms with Gasteiger partial charge in [0, 0.05) is 24.7 Å². The molecule has 0 bridgehead atoms.